The summed E-state index contributed by atoms with van der Waals surface area (Å²) in [6.45, 7) is 9.03. The monoisotopic (exact) mass is 419 g/mol. The fraction of sp³-hybridized carbons (Fsp3) is 0.591. The Balaban J connectivity index is 2.04. The Labute approximate surface area is 178 Å². The zero-order chi connectivity index (χ0) is 22.1. The van der Waals surface area contributed by atoms with Crippen molar-refractivity contribution in [3.8, 4) is 0 Å². The highest BCUT2D eigenvalue weighted by Crippen LogP contribution is 2.13. The Kier molecular flexibility index (Phi) is 9.11. The van der Waals surface area contributed by atoms with Crippen LogP contribution in [-0.2, 0) is 16.1 Å². The average molecular weight is 420 g/mol. The van der Waals surface area contributed by atoms with Crippen molar-refractivity contribution in [2.45, 2.75) is 46.2 Å². The largest absolute Gasteiger partial charge is 0.480 e. The SMILES string of the molecule is CCCCN(Cc1ccc(C(=O)N[C@H](C(=O)O)C(C)C)cc1)C(=O)N1CCOCC1. The number of carboxylic acids is 1. The number of rotatable bonds is 9. The van der Waals surface area contributed by atoms with Gasteiger partial charge in [0.15, 0.2) is 0 Å². The molecule has 0 saturated carbocycles. The summed E-state index contributed by atoms with van der Waals surface area (Å²) in [5.41, 5.74) is 1.31. The highest BCUT2D eigenvalue weighted by molar-refractivity contribution is 5.96. The van der Waals surface area contributed by atoms with Gasteiger partial charge in [-0.15, -0.1) is 0 Å². The zero-order valence-electron chi connectivity index (χ0n) is 18.1. The topological polar surface area (TPSA) is 99.2 Å². The van der Waals surface area contributed by atoms with Gasteiger partial charge in [-0.05, 0) is 30.0 Å². The number of nitrogens with one attached hydrogen (secondary N) is 1. The molecule has 2 N–H and O–H groups in total. The molecule has 1 saturated heterocycles. The second-order valence-corrected chi connectivity index (χ2v) is 7.89. The van der Waals surface area contributed by atoms with E-state index in [4.69, 9.17) is 4.74 Å². The van der Waals surface area contributed by atoms with E-state index in [9.17, 15) is 19.5 Å². The van der Waals surface area contributed by atoms with E-state index in [1.165, 1.54) is 0 Å². The third kappa shape index (κ3) is 6.73. The Morgan fingerprint density at radius 1 is 1.17 bits per heavy atom. The molecule has 1 fully saturated rings. The summed E-state index contributed by atoms with van der Waals surface area (Å²) in [6.07, 6.45) is 1.91. The molecule has 2 rings (SSSR count). The number of urea groups is 1. The molecule has 1 atom stereocenters. The first-order valence-corrected chi connectivity index (χ1v) is 10.6. The molecule has 0 bridgehead atoms. The number of carbonyl (C=O) groups excluding carboxylic acids is 2. The van der Waals surface area contributed by atoms with Gasteiger partial charge in [0.2, 0.25) is 0 Å². The predicted molar refractivity (Wildman–Crippen MR) is 113 cm³/mol. The van der Waals surface area contributed by atoms with Crippen LogP contribution >= 0.6 is 0 Å². The van der Waals surface area contributed by atoms with E-state index >= 15 is 0 Å². The molecule has 1 aromatic carbocycles. The smallest absolute Gasteiger partial charge is 0.326 e. The second kappa shape index (κ2) is 11.5. The summed E-state index contributed by atoms with van der Waals surface area (Å²) < 4.78 is 5.33. The first-order valence-electron chi connectivity index (χ1n) is 10.6. The van der Waals surface area contributed by atoms with Crippen molar-refractivity contribution in [2.75, 3.05) is 32.8 Å². The maximum absolute atomic E-state index is 12.9. The summed E-state index contributed by atoms with van der Waals surface area (Å²) in [5, 5.41) is 11.8. The molecule has 0 aromatic heterocycles. The van der Waals surface area contributed by atoms with E-state index in [1.807, 2.05) is 21.9 Å². The molecule has 1 heterocycles. The van der Waals surface area contributed by atoms with Crippen molar-refractivity contribution < 1.29 is 24.2 Å². The highest BCUT2D eigenvalue weighted by atomic mass is 16.5. The molecule has 0 radical (unpaired) electrons. The molecule has 1 aromatic rings. The Morgan fingerprint density at radius 3 is 2.33 bits per heavy atom. The van der Waals surface area contributed by atoms with Crippen molar-refractivity contribution in [3.63, 3.8) is 0 Å². The van der Waals surface area contributed by atoms with Gasteiger partial charge in [0.1, 0.15) is 6.04 Å². The lowest BCUT2D eigenvalue weighted by atomic mass is 10.0. The van der Waals surface area contributed by atoms with Crippen LogP contribution in [0.1, 0.15) is 49.5 Å². The first kappa shape index (κ1) is 23.7. The van der Waals surface area contributed by atoms with E-state index < -0.39 is 17.9 Å². The van der Waals surface area contributed by atoms with Crippen molar-refractivity contribution >= 4 is 17.9 Å². The number of carbonyl (C=O) groups is 3. The molecular formula is C22H33N3O5. The summed E-state index contributed by atoms with van der Waals surface area (Å²) in [4.78, 5) is 40.3. The van der Waals surface area contributed by atoms with E-state index in [-0.39, 0.29) is 11.9 Å². The van der Waals surface area contributed by atoms with Gasteiger partial charge in [-0.2, -0.15) is 0 Å². The maximum Gasteiger partial charge on any atom is 0.326 e. The Bertz CT molecular complexity index is 714. The molecule has 8 nitrogen and oxygen atoms in total. The number of carboxylic acid groups (broad SMARTS) is 1. The van der Waals surface area contributed by atoms with E-state index in [1.54, 1.807) is 26.0 Å². The van der Waals surface area contributed by atoms with Crippen LogP contribution in [0.4, 0.5) is 4.79 Å². The third-order valence-corrected chi connectivity index (χ3v) is 5.14. The van der Waals surface area contributed by atoms with Crippen LogP contribution in [0.3, 0.4) is 0 Å². The minimum atomic E-state index is -1.05. The van der Waals surface area contributed by atoms with Gasteiger partial charge in [0.05, 0.1) is 13.2 Å². The van der Waals surface area contributed by atoms with Crippen LogP contribution in [0.2, 0.25) is 0 Å². The number of aliphatic carboxylic acids is 1. The summed E-state index contributed by atoms with van der Waals surface area (Å²) in [6, 6.07) is 6.03. The van der Waals surface area contributed by atoms with Crippen molar-refractivity contribution in [1.82, 2.24) is 15.1 Å². The summed E-state index contributed by atoms with van der Waals surface area (Å²) >= 11 is 0. The Hall–Kier alpha value is -2.61. The lowest BCUT2D eigenvalue weighted by Crippen LogP contribution is -2.48. The quantitative estimate of drug-likeness (QED) is 0.641. The standard InChI is InChI=1S/C22H33N3O5/c1-4-5-10-25(22(29)24-11-13-30-14-12-24)15-17-6-8-18(9-7-17)20(26)23-19(16(2)3)21(27)28/h6-9,16,19H,4-5,10-15H2,1-3H3,(H,23,26)(H,27,28)/t19-/m0/s1. The molecule has 30 heavy (non-hydrogen) atoms. The fourth-order valence-electron chi connectivity index (χ4n) is 3.27. The van der Waals surface area contributed by atoms with E-state index in [2.05, 4.69) is 12.2 Å². The van der Waals surface area contributed by atoms with Gasteiger partial charge in [-0.1, -0.05) is 39.3 Å². The van der Waals surface area contributed by atoms with Gasteiger partial charge in [-0.3, -0.25) is 4.79 Å². The number of ether oxygens (including phenoxy) is 1. The van der Waals surface area contributed by atoms with Gasteiger partial charge in [0, 0.05) is 31.7 Å². The highest BCUT2D eigenvalue weighted by Gasteiger charge is 2.25. The van der Waals surface area contributed by atoms with Crippen LogP contribution in [0.15, 0.2) is 24.3 Å². The molecule has 0 unspecified atom stereocenters. The van der Waals surface area contributed by atoms with Crippen LogP contribution in [-0.4, -0.2) is 71.7 Å². The minimum absolute atomic E-state index is 0.00908. The molecular weight excluding hydrogens is 386 g/mol. The lowest BCUT2D eigenvalue weighted by Gasteiger charge is -2.33. The molecule has 166 valence electrons. The van der Waals surface area contributed by atoms with Crippen LogP contribution < -0.4 is 5.32 Å². The van der Waals surface area contributed by atoms with Gasteiger partial charge in [0.25, 0.3) is 5.91 Å². The van der Waals surface area contributed by atoms with Crippen molar-refractivity contribution in [1.29, 1.82) is 0 Å². The average Bonchev–Trinajstić information content (AvgIpc) is 2.74. The molecule has 3 amide bonds. The summed E-state index contributed by atoms with van der Waals surface area (Å²) in [5.74, 6) is -1.69. The number of hydrogen-bond acceptors (Lipinski definition) is 4. The molecule has 1 aliphatic rings. The minimum Gasteiger partial charge on any atom is -0.480 e. The van der Waals surface area contributed by atoms with Crippen LogP contribution in [0.5, 0.6) is 0 Å². The third-order valence-electron chi connectivity index (χ3n) is 5.14. The van der Waals surface area contributed by atoms with E-state index in [0.717, 1.165) is 18.4 Å². The van der Waals surface area contributed by atoms with Crippen molar-refractivity contribution in [3.05, 3.63) is 35.4 Å². The Morgan fingerprint density at radius 2 is 1.80 bits per heavy atom. The van der Waals surface area contributed by atoms with Crippen LogP contribution in [0.25, 0.3) is 0 Å². The summed E-state index contributed by atoms with van der Waals surface area (Å²) in [7, 11) is 0. The number of hydrogen-bond donors (Lipinski definition) is 2. The normalized spacial score (nSPS) is 15.0. The molecule has 8 heteroatoms. The first-order chi connectivity index (χ1) is 14.3. The molecule has 1 aliphatic heterocycles. The van der Waals surface area contributed by atoms with Gasteiger partial charge >= 0.3 is 12.0 Å². The number of nitrogens with zero attached hydrogens (tertiary/aromatic N) is 2. The molecule has 0 aliphatic carbocycles. The zero-order valence-corrected chi connectivity index (χ0v) is 18.1. The van der Waals surface area contributed by atoms with Gasteiger partial charge < -0.3 is 25.0 Å². The van der Waals surface area contributed by atoms with Gasteiger partial charge in [-0.25, -0.2) is 9.59 Å². The number of benzene rings is 1. The number of amides is 3. The second-order valence-electron chi connectivity index (χ2n) is 7.89. The van der Waals surface area contributed by atoms with Crippen LogP contribution in [0, 0.1) is 5.92 Å². The molecule has 0 spiro atoms. The maximum atomic E-state index is 12.9. The lowest BCUT2D eigenvalue weighted by molar-refractivity contribution is -0.140. The fourth-order valence-corrected chi connectivity index (χ4v) is 3.27. The predicted octanol–water partition coefficient (Wildman–Crippen LogP) is 2.58. The number of morpholine rings is 1. The number of unbranched alkanes of at least 4 members (excludes halogenated alkanes) is 1. The van der Waals surface area contributed by atoms with Crippen molar-refractivity contribution in [2.24, 2.45) is 5.92 Å². The van der Waals surface area contributed by atoms with E-state index in [0.29, 0.717) is 45.0 Å².